The van der Waals surface area contributed by atoms with E-state index in [1.54, 1.807) is 12.7 Å². The van der Waals surface area contributed by atoms with E-state index in [2.05, 4.69) is 22.3 Å². The molecule has 1 atom stereocenters. The molecular formula is C16H21N5O. The first-order chi connectivity index (χ1) is 10.7. The molecule has 0 bridgehead atoms. The second-order valence-electron chi connectivity index (χ2n) is 5.69. The standard InChI is InChI=1S/C16H21N5O/c1-13(8-10-20-12-17-11-18-20)19-14-4-6-15(7-5-14)21-9-2-3-16(21)22/h4-7,11-13,19H,2-3,8-10H2,1H3/t13-/m0/s1. The third-order valence-electron chi connectivity index (χ3n) is 3.92. The highest BCUT2D eigenvalue weighted by Gasteiger charge is 2.21. The van der Waals surface area contributed by atoms with E-state index in [0.29, 0.717) is 12.5 Å². The molecule has 116 valence electrons. The minimum absolute atomic E-state index is 0.224. The number of carbonyl (C=O) groups excluding carboxylic acids is 1. The molecule has 1 amide bonds. The van der Waals surface area contributed by atoms with Crippen molar-refractivity contribution >= 4 is 17.3 Å². The van der Waals surface area contributed by atoms with Crippen LogP contribution in [-0.4, -0.2) is 33.3 Å². The van der Waals surface area contributed by atoms with Crippen LogP contribution in [0.5, 0.6) is 0 Å². The van der Waals surface area contributed by atoms with E-state index in [1.807, 2.05) is 33.8 Å². The van der Waals surface area contributed by atoms with E-state index >= 15 is 0 Å². The number of benzene rings is 1. The van der Waals surface area contributed by atoms with E-state index in [1.165, 1.54) is 0 Å². The number of hydrogen-bond acceptors (Lipinski definition) is 4. The number of carbonyl (C=O) groups is 1. The highest BCUT2D eigenvalue weighted by atomic mass is 16.2. The van der Waals surface area contributed by atoms with Gasteiger partial charge in [-0.2, -0.15) is 5.10 Å². The van der Waals surface area contributed by atoms with Crippen molar-refractivity contribution in [2.24, 2.45) is 0 Å². The number of amides is 1. The summed E-state index contributed by atoms with van der Waals surface area (Å²) in [4.78, 5) is 17.5. The van der Waals surface area contributed by atoms with Gasteiger partial charge >= 0.3 is 0 Å². The first-order valence-electron chi connectivity index (χ1n) is 7.72. The van der Waals surface area contributed by atoms with Gasteiger partial charge in [0.05, 0.1) is 0 Å². The normalized spacial score (nSPS) is 16.0. The molecular weight excluding hydrogens is 278 g/mol. The molecule has 6 heteroatoms. The van der Waals surface area contributed by atoms with Crippen molar-refractivity contribution in [2.75, 3.05) is 16.8 Å². The summed E-state index contributed by atoms with van der Waals surface area (Å²) in [5.74, 6) is 0.224. The number of rotatable bonds is 6. The van der Waals surface area contributed by atoms with Crippen LogP contribution in [0.2, 0.25) is 0 Å². The Bertz CT molecular complexity index is 608. The van der Waals surface area contributed by atoms with Gasteiger partial charge in [0, 0.05) is 36.9 Å². The van der Waals surface area contributed by atoms with E-state index in [-0.39, 0.29) is 5.91 Å². The maximum absolute atomic E-state index is 11.7. The Hall–Kier alpha value is -2.37. The summed E-state index contributed by atoms with van der Waals surface area (Å²) in [5.41, 5.74) is 2.06. The zero-order valence-electron chi connectivity index (χ0n) is 12.8. The summed E-state index contributed by atoms with van der Waals surface area (Å²) in [6, 6.07) is 8.43. The molecule has 1 saturated heterocycles. The van der Waals surface area contributed by atoms with Crippen molar-refractivity contribution < 1.29 is 4.79 Å². The van der Waals surface area contributed by atoms with Crippen LogP contribution in [0.3, 0.4) is 0 Å². The van der Waals surface area contributed by atoms with Crippen LogP contribution < -0.4 is 10.2 Å². The molecule has 1 aromatic carbocycles. The van der Waals surface area contributed by atoms with E-state index < -0.39 is 0 Å². The van der Waals surface area contributed by atoms with Gasteiger partial charge in [0.15, 0.2) is 0 Å². The Balaban J connectivity index is 1.53. The van der Waals surface area contributed by atoms with Crippen LogP contribution in [-0.2, 0) is 11.3 Å². The maximum Gasteiger partial charge on any atom is 0.227 e. The van der Waals surface area contributed by atoms with Crippen molar-refractivity contribution in [3.63, 3.8) is 0 Å². The predicted octanol–water partition coefficient (Wildman–Crippen LogP) is 2.30. The summed E-state index contributed by atoms with van der Waals surface area (Å²) in [7, 11) is 0. The molecule has 6 nitrogen and oxygen atoms in total. The number of aromatic nitrogens is 3. The second kappa shape index (κ2) is 6.60. The number of aryl methyl sites for hydroxylation is 1. The quantitative estimate of drug-likeness (QED) is 0.889. The van der Waals surface area contributed by atoms with Gasteiger partial charge in [-0.1, -0.05) is 0 Å². The minimum Gasteiger partial charge on any atom is -0.383 e. The third-order valence-corrected chi connectivity index (χ3v) is 3.92. The lowest BCUT2D eigenvalue weighted by molar-refractivity contribution is -0.117. The second-order valence-corrected chi connectivity index (χ2v) is 5.69. The third kappa shape index (κ3) is 3.44. The lowest BCUT2D eigenvalue weighted by Gasteiger charge is -2.18. The van der Waals surface area contributed by atoms with Gasteiger partial charge < -0.3 is 10.2 Å². The Morgan fingerprint density at radius 2 is 2.14 bits per heavy atom. The SMILES string of the molecule is C[C@@H](CCn1cncn1)Nc1ccc(N2CCCC2=O)cc1. The summed E-state index contributed by atoms with van der Waals surface area (Å²) < 4.78 is 1.83. The minimum atomic E-state index is 0.224. The molecule has 22 heavy (non-hydrogen) atoms. The number of nitrogens with zero attached hydrogens (tertiary/aromatic N) is 4. The number of hydrogen-bond donors (Lipinski definition) is 1. The Kier molecular flexibility index (Phi) is 4.37. The van der Waals surface area contributed by atoms with Gasteiger partial charge in [-0.25, -0.2) is 4.98 Å². The van der Waals surface area contributed by atoms with Gasteiger partial charge in [-0.05, 0) is 44.0 Å². The van der Waals surface area contributed by atoms with Crippen molar-refractivity contribution in [2.45, 2.75) is 38.8 Å². The molecule has 1 aliphatic rings. The molecule has 0 unspecified atom stereocenters. The molecule has 0 saturated carbocycles. The fraction of sp³-hybridized carbons (Fsp3) is 0.438. The van der Waals surface area contributed by atoms with Gasteiger partial charge in [-0.15, -0.1) is 0 Å². The topological polar surface area (TPSA) is 63.1 Å². The summed E-state index contributed by atoms with van der Waals surface area (Å²) in [5, 5.41) is 7.57. The molecule has 1 fully saturated rings. The van der Waals surface area contributed by atoms with Crippen LogP contribution in [0.4, 0.5) is 11.4 Å². The summed E-state index contributed by atoms with van der Waals surface area (Å²) in [6.45, 7) is 3.82. The van der Waals surface area contributed by atoms with Gasteiger partial charge in [0.25, 0.3) is 0 Å². The predicted molar refractivity (Wildman–Crippen MR) is 85.8 cm³/mol. The molecule has 2 heterocycles. The van der Waals surface area contributed by atoms with Gasteiger partial charge in [-0.3, -0.25) is 9.48 Å². The fourth-order valence-corrected chi connectivity index (χ4v) is 2.69. The first kappa shape index (κ1) is 14.6. The zero-order valence-corrected chi connectivity index (χ0v) is 12.8. The monoisotopic (exact) mass is 299 g/mol. The van der Waals surface area contributed by atoms with Crippen LogP contribution in [0.1, 0.15) is 26.2 Å². The molecule has 0 aliphatic carbocycles. The molecule has 3 rings (SSSR count). The van der Waals surface area contributed by atoms with Crippen LogP contribution >= 0.6 is 0 Å². The Labute approximate surface area is 130 Å². The smallest absolute Gasteiger partial charge is 0.227 e. The average molecular weight is 299 g/mol. The van der Waals surface area contributed by atoms with Crippen LogP contribution in [0, 0.1) is 0 Å². The largest absolute Gasteiger partial charge is 0.383 e. The zero-order chi connectivity index (χ0) is 15.4. The molecule has 1 aromatic heterocycles. The van der Waals surface area contributed by atoms with Crippen LogP contribution in [0.15, 0.2) is 36.9 Å². The molecule has 0 spiro atoms. The molecule has 2 aromatic rings. The van der Waals surface area contributed by atoms with Gasteiger partial charge in [0.2, 0.25) is 5.91 Å². The van der Waals surface area contributed by atoms with Crippen LogP contribution in [0.25, 0.3) is 0 Å². The van der Waals surface area contributed by atoms with E-state index in [4.69, 9.17) is 0 Å². The summed E-state index contributed by atoms with van der Waals surface area (Å²) in [6.07, 6.45) is 5.87. The van der Waals surface area contributed by atoms with Crippen molar-refractivity contribution in [3.05, 3.63) is 36.9 Å². The van der Waals surface area contributed by atoms with E-state index in [0.717, 1.165) is 37.3 Å². The first-order valence-corrected chi connectivity index (χ1v) is 7.72. The van der Waals surface area contributed by atoms with E-state index in [9.17, 15) is 4.79 Å². The van der Waals surface area contributed by atoms with Crippen molar-refractivity contribution in [1.29, 1.82) is 0 Å². The maximum atomic E-state index is 11.7. The number of anilines is 2. The molecule has 1 aliphatic heterocycles. The number of nitrogens with one attached hydrogen (secondary N) is 1. The Morgan fingerprint density at radius 1 is 1.32 bits per heavy atom. The molecule has 1 N–H and O–H groups in total. The average Bonchev–Trinajstić information content (AvgIpc) is 3.17. The van der Waals surface area contributed by atoms with Crippen molar-refractivity contribution in [3.8, 4) is 0 Å². The highest BCUT2D eigenvalue weighted by molar-refractivity contribution is 5.95. The highest BCUT2D eigenvalue weighted by Crippen LogP contribution is 2.23. The fourth-order valence-electron chi connectivity index (χ4n) is 2.69. The summed E-state index contributed by atoms with van der Waals surface area (Å²) >= 11 is 0. The Morgan fingerprint density at radius 3 is 2.77 bits per heavy atom. The molecule has 0 radical (unpaired) electrons. The van der Waals surface area contributed by atoms with Crippen molar-refractivity contribution in [1.82, 2.24) is 14.8 Å². The van der Waals surface area contributed by atoms with Gasteiger partial charge in [0.1, 0.15) is 12.7 Å². The lowest BCUT2D eigenvalue weighted by Crippen LogP contribution is -2.23. The lowest BCUT2D eigenvalue weighted by atomic mass is 10.2.